The van der Waals surface area contributed by atoms with Crippen LogP contribution in [-0.4, -0.2) is 20.6 Å². The molecule has 1 aromatic heterocycles. The fourth-order valence-corrected chi connectivity index (χ4v) is 2.79. The SMILES string of the molecule is CCc1nc2cc(C(=O)O)ccc2n1-c1cccc(Br)c1. The summed E-state index contributed by atoms with van der Waals surface area (Å²) >= 11 is 3.48. The molecule has 0 aliphatic carbocycles. The molecule has 2 aromatic carbocycles. The summed E-state index contributed by atoms with van der Waals surface area (Å²) < 4.78 is 3.05. The number of halogens is 1. The molecule has 0 radical (unpaired) electrons. The predicted molar refractivity (Wildman–Crippen MR) is 85.1 cm³/mol. The molecule has 3 aromatic rings. The number of carboxylic acids is 1. The summed E-state index contributed by atoms with van der Waals surface area (Å²) in [5.41, 5.74) is 2.87. The van der Waals surface area contributed by atoms with E-state index in [9.17, 15) is 4.79 Å². The van der Waals surface area contributed by atoms with Gasteiger partial charge in [0.05, 0.1) is 16.6 Å². The molecule has 1 N–H and O–H groups in total. The molecule has 0 saturated heterocycles. The zero-order chi connectivity index (χ0) is 15.0. The lowest BCUT2D eigenvalue weighted by Gasteiger charge is -2.08. The van der Waals surface area contributed by atoms with Gasteiger partial charge in [-0.2, -0.15) is 0 Å². The Morgan fingerprint density at radius 2 is 2.10 bits per heavy atom. The molecular formula is C16H13BrN2O2. The first-order valence-corrected chi connectivity index (χ1v) is 7.40. The fraction of sp³-hybridized carbons (Fsp3) is 0.125. The summed E-state index contributed by atoms with van der Waals surface area (Å²) in [6.45, 7) is 2.04. The van der Waals surface area contributed by atoms with E-state index in [0.717, 1.165) is 27.9 Å². The maximum Gasteiger partial charge on any atom is 0.335 e. The monoisotopic (exact) mass is 344 g/mol. The minimum Gasteiger partial charge on any atom is -0.478 e. The van der Waals surface area contributed by atoms with Gasteiger partial charge in [0.15, 0.2) is 0 Å². The number of carboxylic acid groups (broad SMARTS) is 1. The quantitative estimate of drug-likeness (QED) is 0.779. The molecule has 0 spiro atoms. The van der Waals surface area contributed by atoms with E-state index in [1.165, 1.54) is 0 Å². The van der Waals surface area contributed by atoms with Crippen molar-refractivity contribution in [2.45, 2.75) is 13.3 Å². The Morgan fingerprint density at radius 3 is 2.76 bits per heavy atom. The summed E-state index contributed by atoms with van der Waals surface area (Å²) in [7, 11) is 0. The van der Waals surface area contributed by atoms with Gasteiger partial charge in [0.2, 0.25) is 0 Å². The maximum absolute atomic E-state index is 11.1. The van der Waals surface area contributed by atoms with Crippen LogP contribution < -0.4 is 0 Å². The minimum absolute atomic E-state index is 0.254. The van der Waals surface area contributed by atoms with Gasteiger partial charge >= 0.3 is 5.97 Å². The van der Waals surface area contributed by atoms with Crippen LogP contribution in [0.1, 0.15) is 23.1 Å². The molecule has 5 heteroatoms. The Kier molecular flexibility index (Phi) is 3.51. The van der Waals surface area contributed by atoms with Crippen molar-refractivity contribution in [2.24, 2.45) is 0 Å². The van der Waals surface area contributed by atoms with E-state index in [1.54, 1.807) is 12.1 Å². The Labute approximate surface area is 130 Å². The van der Waals surface area contributed by atoms with Crippen LogP contribution in [0.5, 0.6) is 0 Å². The fourth-order valence-electron chi connectivity index (χ4n) is 2.40. The standard InChI is InChI=1S/C16H13BrN2O2/c1-2-15-18-13-8-10(16(20)21)6-7-14(13)19(15)12-5-3-4-11(17)9-12/h3-9H,2H2,1H3,(H,20,21). The molecule has 106 valence electrons. The number of aromatic carboxylic acids is 1. The van der Waals surface area contributed by atoms with Gasteiger partial charge in [-0.1, -0.05) is 28.9 Å². The van der Waals surface area contributed by atoms with E-state index >= 15 is 0 Å². The Hall–Kier alpha value is -2.14. The van der Waals surface area contributed by atoms with Crippen LogP contribution in [0.4, 0.5) is 0 Å². The molecule has 0 amide bonds. The summed E-state index contributed by atoms with van der Waals surface area (Å²) in [6, 6.07) is 13.0. The lowest BCUT2D eigenvalue weighted by Crippen LogP contribution is -2.00. The summed E-state index contributed by atoms with van der Waals surface area (Å²) in [6.07, 6.45) is 0.767. The van der Waals surface area contributed by atoms with Crippen LogP contribution in [0.25, 0.3) is 16.7 Å². The molecule has 21 heavy (non-hydrogen) atoms. The number of imidazole rings is 1. The Bertz CT molecular complexity index is 839. The second kappa shape index (κ2) is 5.33. The van der Waals surface area contributed by atoms with Gasteiger partial charge in [0.1, 0.15) is 5.82 Å². The first-order chi connectivity index (χ1) is 10.1. The van der Waals surface area contributed by atoms with Gasteiger partial charge in [-0.3, -0.25) is 4.57 Å². The topological polar surface area (TPSA) is 55.1 Å². The van der Waals surface area contributed by atoms with Crippen molar-refractivity contribution < 1.29 is 9.90 Å². The van der Waals surface area contributed by atoms with Crippen molar-refractivity contribution >= 4 is 32.9 Å². The number of fused-ring (bicyclic) bond motifs is 1. The number of benzene rings is 2. The Balaban J connectivity index is 2.28. The highest BCUT2D eigenvalue weighted by atomic mass is 79.9. The van der Waals surface area contributed by atoms with Crippen molar-refractivity contribution in [3.05, 3.63) is 58.3 Å². The largest absolute Gasteiger partial charge is 0.478 e. The van der Waals surface area contributed by atoms with Crippen LogP contribution in [0.15, 0.2) is 46.9 Å². The van der Waals surface area contributed by atoms with E-state index in [4.69, 9.17) is 5.11 Å². The van der Waals surface area contributed by atoms with Gasteiger partial charge in [-0.15, -0.1) is 0 Å². The lowest BCUT2D eigenvalue weighted by molar-refractivity contribution is 0.0697. The molecule has 0 bridgehead atoms. The number of hydrogen-bond donors (Lipinski definition) is 1. The molecule has 0 fully saturated rings. The second-order valence-corrected chi connectivity index (χ2v) is 5.62. The van der Waals surface area contributed by atoms with E-state index in [2.05, 4.69) is 25.5 Å². The first-order valence-electron chi connectivity index (χ1n) is 6.60. The zero-order valence-corrected chi connectivity index (χ0v) is 13.0. The number of nitrogens with zero attached hydrogens (tertiary/aromatic N) is 2. The van der Waals surface area contributed by atoms with E-state index in [-0.39, 0.29) is 5.56 Å². The number of hydrogen-bond acceptors (Lipinski definition) is 2. The zero-order valence-electron chi connectivity index (χ0n) is 11.4. The summed E-state index contributed by atoms with van der Waals surface area (Å²) in [5.74, 6) is -0.0300. The molecule has 4 nitrogen and oxygen atoms in total. The van der Waals surface area contributed by atoms with Crippen molar-refractivity contribution in [3.8, 4) is 5.69 Å². The third-order valence-corrected chi connectivity index (χ3v) is 3.85. The van der Waals surface area contributed by atoms with E-state index in [0.29, 0.717) is 5.52 Å². The smallest absolute Gasteiger partial charge is 0.335 e. The van der Waals surface area contributed by atoms with Gasteiger partial charge in [0.25, 0.3) is 0 Å². The third kappa shape index (κ3) is 2.45. The molecule has 0 saturated carbocycles. The molecular weight excluding hydrogens is 332 g/mol. The lowest BCUT2D eigenvalue weighted by atomic mass is 10.2. The van der Waals surface area contributed by atoms with Crippen molar-refractivity contribution in [2.75, 3.05) is 0 Å². The molecule has 0 unspecified atom stereocenters. The van der Waals surface area contributed by atoms with Gasteiger partial charge in [0, 0.05) is 16.6 Å². The highest BCUT2D eigenvalue weighted by Gasteiger charge is 2.13. The van der Waals surface area contributed by atoms with Crippen molar-refractivity contribution in [1.29, 1.82) is 0 Å². The number of carbonyl (C=O) groups is 1. The molecule has 3 rings (SSSR count). The van der Waals surface area contributed by atoms with Crippen LogP contribution in [0.3, 0.4) is 0 Å². The highest BCUT2D eigenvalue weighted by Crippen LogP contribution is 2.25. The van der Waals surface area contributed by atoms with E-state index < -0.39 is 5.97 Å². The van der Waals surface area contributed by atoms with Crippen LogP contribution in [-0.2, 0) is 6.42 Å². The van der Waals surface area contributed by atoms with Crippen molar-refractivity contribution in [1.82, 2.24) is 9.55 Å². The number of aryl methyl sites for hydroxylation is 1. The third-order valence-electron chi connectivity index (χ3n) is 3.35. The Morgan fingerprint density at radius 1 is 1.29 bits per heavy atom. The first kappa shape index (κ1) is 13.8. The van der Waals surface area contributed by atoms with Crippen LogP contribution in [0.2, 0.25) is 0 Å². The van der Waals surface area contributed by atoms with Gasteiger partial charge < -0.3 is 5.11 Å². The maximum atomic E-state index is 11.1. The van der Waals surface area contributed by atoms with Crippen LogP contribution >= 0.6 is 15.9 Å². The second-order valence-electron chi connectivity index (χ2n) is 4.71. The average molecular weight is 345 g/mol. The van der Waals surface area contributed by atoms with E-state index in [1.807, 2.05) is 37.3 Å². The van der Waals surface area contributed by atoms with Gasteiger partial charge in [-0.25, -0.2) is 9.78 Å². The molecule has 0 atom stereocenters. The van der Waals surface area contributed by atoms with Gasteiger partial charge in [-0.05, 0) is 36.4 Å². The number of aromatic nitrogens is 2. The summed E-state index contributed by atoms with van der Waals surface area (Å²) in [4.78, 5) is 15.6. The molecule has 0 aliphatic rings. The molecule has 0 aliphatic heterocycles. The summed E-state index contributed by atoms with van der Waals surface area (Å²) in [5, 5.41) is 9.09. The predicted octanol–water partition coefficient (Wildman–Crippen LogP) is 4.05. The number of rotatable bonds is 3. The minimum atomic E-state index is -0.938. The average Bonchev–Trinajstić information content (AvgIpc) is 2.84. The van der Waals surface area contributed by atoms with Crippen LogP contribution in [0, 0.1) is 0 Å². The highest BCUT2D eigenvalue weighted by molar-refractivity contribution is 9.10. The van der Waals surface area contributed by atoms with Crippen molar-refractivity contribution in [3.63, 3.8) is 0 Å². The molecule has 1 heterocycles. The normalized spacial score (nSPS) is 11.0.